The lowest BCUT2D eigenvalue weighted by Gasteiger charge is -2.13. The standard InChI is InChI=1S/C24H28N2O3/c1-2-27-13-14-28-15-16-29-20-10-8-19(9-11-20)26-23-6-4-3-5-21(23)22-17-18(25)7-12-24(22)26/h4,6-12,17H,2-3,5,13-16,25H2,1H3. The van der Waals surface area contributed by atoms with Crippen molar-refractivity contribution in [2.45, 2.75) is 19.8 Å². The molecular formula is C24H28N2O3. The molecule has 5 nitrogen and oxygen atoms in total. The van der Waals surface area contributed by atoms with Gasteiger partial charge >= 0.3 is 0 Å². The molecule has 0 bridgehead atoms. The number of ether oxygens (including phenoxy) is 3. The minimum absolute atomic E-state index is 0.523. The summed E-state index contributed by atoms with van der Waals surface area (Å²) in [5, 5.41) is 1.24. The lowest BCUT2D eigenvalue weighted by Crippen LogP contribution is -2.10. The van der Waals surface area contributed by atoms with Gasteiger partial charge in [0, 0.05) is 29.1 Å². The highest BCUT2D eigenvalue weighted by Gasteiger charge is 2.18. The first kappa shape index (κ1) is 19.6. The number of anilines is 1. The molecule has 0 fully saturated rings. The van der Waals surface area contributed by atoms with Gasteiger partial charge in [0.2, 0.25) is 0 Å². The minimum atomic E-state index is 0.523. The average molecular weight is 392 g/mol. The zero-order valence-corrected chi connectivity index (χ0v) is 16.9. The number of hydrogen-bond acceptors (Lipinski definition) is 4. The Kier molecular flexibility index (Phi) is 6.17. The van der Waals surface area contributed by atoms with Crippen molar-refractivity contribution in [3.8, 4) is 11.4 Å². The van der Waals surface area contributed by atoms with Gasteiger partial charge in [-0.15, -0.1) is 0 Å². The fourth-order valence-electron chi connectivity index (χ4n) is 3.81. The van der Waals surface area contributed by atoms with Crippen LogP contribution in [0.25, 0.3) is 22.7 Å². The van der Waals surface area contributed by atoms with Gasteiger partial charge in [-0.25, -0.2) is 0 Å². The van der Waals surface area contributed by atoms with E-state index in [4.69, 9.17) is 19.9 Å². The first-order valence-electron chi connectivity index (χ1n) is 10.3. The fourth-order valence-corrected chi connectivity index (χ4v) is 3.81. The second-order valence-corrected chi connectivity index (χ2v) is 7.07. The van der Waals surface area contributed by atoms with Crippen LogP contribution in [-0.4, -0.2) is 37.6 Å². The second kappa shape index (κ2) is 9.16. The number of nitrogens with zero attached hydrogens (tertiary/aromatic N) is 1. The Morgan fingerprint density at radius 1 is 0.966 bits per heavy atom. The molecule has 0 atom stereocenters. The van der Waals surface area contributed by atoms with Gasteiger partial charge < -0.3 is 24.5 Å². The molecule has 0 saturated carbocycles. The lowest BCUT2D eigenvalue weighted by molar-refractivity contribution is 0.0405. The monoisotopic (exact) mass is 392 g/mol. The Bertz CT molecular complexity index is 990. The molecule has 4 rings (SSSR count). The molecule has 0 saturated heterocycles. The Labute approximate surface area is 171 Å². The molecule has 2 N–H and O–H groups in total. The van der Waals surface area contributed by atoms with Crippen molar-refractivity contribution >= 4 is 22.7 Å². The van der Waals surface area contributed by atoms with Gasteiger partial charge in [0.05, 0.1) is 25.3 Å². The zero-order chi connectivity index (χ0) is 20.1. The number of fused-ring (bicyclic) bond motifs is 3. The molecule has 0 amide bonds. The van der Waals surface area contributed by atoms with Crippen molar-refractivity contribution in [3.05, 3.63) is 59.8 Å². The quantitative estimate of drug-likeness (QED) is 0.427. The van der Waals surface area contributed by atoms with Crippen molar-refractivity contribution in [2.75, 3.05) is 38.8 Å². The molecule has 1 aliphatic rings. The van der Waals surface area contributed by atoms with Crippen LogP contribution >= 0.6 is 0 Å². The smallest absolute Gasteiger partial charge is 0.119 e. The van der Waals surface area contributed by atoms with Gasteiger partial charge in [-0.1, -0.05) is 6.08 Å². The van der Waals surface area contributed by atoms with E-state index in [-0.39, 0.29) is 0 Å². The topological polar surface area (TPSA) is 58.6 Å². The summed E-state index contributed by atoms with van der Waals surface area (Å²) in [6, 6.07) is 14.4. The van der Waals surface area contributed by atoms with Crippen molar-refractivity contribution < 1.29 is 14.2 Å². The van der Waals surface area contributed by atoms with Crippen LogP contribution in [0, 0.1) is 0 Å². The predicted molar refractivity (Wildman–Crippen MR) is 118 cm³/mol. The van der Waals surface area contributed by atoms with Gasteiger partial charge in [-0.05, 0) is 73.9 Å². The molecule has 29 heavy (non-hydrogen) atoms. The van der Waals surface area contributed by atoms with Gasteiger partial charge in [-0.2, -0.15) is 0 Å². The largest absolute Gasteiger partial charge is 0.491 e. The van der Waals surface area contributed by atoms with Crippen LogP contribution in [0.2, 0.25) is 0 Å². The third-order valence-corrected chi connectivity index (χ3v) is 5.14. The van der Waals surface area contributed by atoms with E-state index in [1.807, 2.05) is 25.1 Å². The summed E-state index contributed by atoms with van der Waals surface area (Å²) in [5.41, 5.74) is 11.8. The number of allylic oxidation sites excluding steroid dienone is 1. The van der Waals surface area contributed by atoms with E-state index >= 15 is 0 Å². The molecule has 0 radical (unpaired) electrons. The Morgan fingerprint density at radius 2 is 1.76 bits per heavy atom. The van der Waals surface area contributed by atoms with Gasteiger partial charge in [0.15, 0.2) is 0 Å². The van der Waals surface area contributed by atoms with Crippen molar-refractivity contribution in [2.24, 2.45) is 0 Å². The van der Waals surface area contributed by atoms with Crippen molar-refractivity contribution in [1.29, 1.82) is 0 Å². The van der Waals surface area contributed by atoms with E-state index in [0.717, 1.165) is 36.6 Å². The summed E-state index contributed by atoms with van der Waals surface area (Å²) in [4.78, 5) is 0. The van der Waals surface area contributed by atoms with Gasteiger partial charge in [0.1, 0.15) is 12.4 Å². The lowest BCUT2D eigenvalue weighted by atomic mass is 10.0. The number of benzene rings is 2. The first-order valence-corrected chi connectivity index (χ1v) is 10.3. The minimum Gasteiger partial charge on any atom is -0.491 e. The number of hydrogen-bond donors (Lipinski definition) is 1. The maximum absolute atomic E-state index is 6.06. The molecule has 5 heteroatoms. The molecule has 1 heterocycles. The Balaban J connectivity index is 1.49. The molecule has 0 spiro atoms. The maximum Gasteiger partial charge on any atom is 0.119 e. The highest BCUT2D eigenvalue weighted by atomic mass is 16.5. The highest BCUT2D eigenvalue weighted by Crippen LogP contribution is 2.35. The summed E-state index contributed by atoms with van der Waals surface area (Å²) in [6.07, 6.45) is 6.58. The average Bonchev–Trinajstić information content (AvgIpc) is 3.07. The van der Waals surface area contributed by atoms with Crippen LogP contribution in [0.1, 0.15) is 24.6 Å². The number of rotatable bonds is 9. The molecule has 1 aromatic heterocycles. The summed E-state index contributed by atoms with van der Waals surface area (Å²) < 4.78 is 18.8. The molecule has 3 aromatic rings. The third kappa shape index (κ3) is 4.31. The van der Waals surface area contributed by atoms with Crippen molar-refractivity contribution in [3.63, 3.8) is 0 Å². The normalized spacial score (nSPS) is 13.0. The number of nitrogen functional groups attached to an aromatic ring is 1. The summed E-state index contributed by atoms with van der Waals surface area (Å²) in [5.74, 6) is 0.840. The predicted octanol–water partition coefficient (Wildman–Crippen LogP) is 4.60. The molecule has 152 valence electrons. The Morgan fingerprint density at radius 3 is 2.59 bits per heavy atom. The zero-order valence-electron chi connectivity index (χ0n) is 16.9. The molecule has 0 aliphatic heterocycles. The summed E-state index contributed by atoms with van der Waals surface area (Å²) in [6.45, 7) is 4.99. The van der Waals surface area contributed by atoms with E-state index < -0.39 is 0 Å². The molecule has 2 aromatic carbocycles. The first-order chi connectivity index (χ1) is 14.3. The van der Waals surface area contributed by atoms with Crippen LogP contribution in [0.3, 0.4) is 0 Å². The molecular weight excluding hydrogens is 364 g/mol. The molecule has 0 unspecified atom stereocenters. The van der Waals surface area contributed by atoms with E-state index in [1.165, 1.54) is 22.2 Å². The van der Waals surface area contributed by atoms with Crippen LogP contribution in [0.4, 0.5) is 5.69 Å². The van der Waals surface area contributed by atoms with E-state index in [2.05, 4.69) is 41.0 Å². The summed E-state index contributed by atoms with van der Waals surface area (Å²) in [7, 11) is 0. The van der Waals surface area contributed by atoms with Crippen LogP contribution in [-0.2, 0) is 15.9 Å². The SMILES string of the molecule is CCOCCOCCOc1ccc(-n2c3c(c4cc(N)ccc42)CCC=C3)cc1. The maximum atomic E-state index is 6.06. The Hall–Kier alpha value is -2.76. The van der Waals surface area contributed by atoms with Gasteiger partial charge in [-0.3, -0.25) is 0 Å². The number of aryl methyl sites for hydroxylation is 1. The van der Waals surface area contributed by atoms with E-state index in [9.17, 15) is 0 Å². The highest BCUT2D eigenvalue weighted by molar-refractivity contribution is 5.92. The van der Waals surface area contributed by atoms with E-state index in [0.29, 0.717) is 26.4 Å². The van der Waals surface area contributed by atoms with Crippen molar-refractivity contribution in [1.82, 2.24) is 4.57 Å². The fraction of sp³-hybridized carbons (Fsp3) is 0.333. The molecule has 1 aliphatic carbocycles. The number of nitrogens with two attached hydrogens (primary N) is 1. The van der Waals surface area contributed by atoms with Crippen LogP contribution in [0.15, 0.2) is 48.5 Å². The summed E-state index contributed by atoms with van der Waals surface area (Å²) >= 11 is 0. The van der Waals surface area contributed by atoms with Crippen LogP contribution < -0.4 is 10.5 Å². The second-order valence-electron chi connectivity index (χ2n) is 7.07. The third-order valence-electron chi connectivity index (χ3n) is 5.14. The van der Waals surface area contributed by atoms with E-state index in [1.54, 1.807) is 0 Å². The van der Waals surface area contributed by atoms with Crippen LogP contribution in [0.5, 0.6) is 5.75 Å². The van der Waals surface area contributed by atoms with Gasteiger partial charge in [0.25, 0.3) is 0 Å². The number of aromatic nitrogens is 1.